The van der Waals surface area contributed by atoms with E-state index in [1.54, 1.807) is 4.57 Å². The van der Waals surface area contributed by atoms with Crippen molar-refractivity contribution in [1.82, 2.24) is 4.57 Å². The third-order valence-electron chi connectivity index (χ3n) is 3.84. The highest BCUT2D eigenvalue weighted by molar-refractivity contribution is 7.83. The maximum absolute atomic E-state index is 13.2. The van der Waals surface area contributed by atoms with Crippen molar-refractivity contribution in [3.8, 4) is 11.3 Å². The quantitative estimate of drug-likeness (QED) is 0.792. The Hall–Kier alpha value is -2.48. The summed E-state index contributed by atoms with van der Waals surface area (Å²) < 4.78 is 36.4. The van der Waals surface area contributed by atoms with Gasteiger partial charge in [-0.05, 0) is 29.8 Å². The van der Waals surface area contributed by atoms with E-state index in [9.17, 15) is 18.2 Å². The highest BCUT2D eigenvalue weighted by atomic mass is 32.2. The minimum absolute atomic E-state index is 0.0441. The van der Waals surface area contributed by atoms with Crippen LogP contribution in [0.4, 0.5) is 4.39 Å². The Morgan fingerprint density at radius 3 is 2.25 bits per heavy atom. The summed E-state index contributed by atoms with van der Waals surface area (Å²) in [7, 11) is 1.21. The third kappa shape index (κ3) is 2.52. The second-order valence-corrected chi connectivity index (χ2v) is 6.60. The lowest BCUT2D eigenvalue weighted by molar-refractivity contribution is 0.0556. The number of ether oxygens (including phenoxy) is 2. The van der Waals surface area contributed by atoms with Gasteiger partial charge in [0.2, 0.25) is 0 Å². The number of carbonyl (C=O) groups is 2. The molecule has 1 aromatic carbocycles. The van der Waals surface area contributed by atoms with Gasteiger partial charge in [0.25, 0.3) is 0 Å². The van der Waals surface area contributed by atoms with Crippen LogP contribution < -0.4 is 0 Å². The molecule has 0 bridgehead atoms. The van der Waals surface area contributed by atoms with Gasteiger partial charge in [0, 0.05) is 16.5 Å². The van der Waals surface area contributed by atoms with Crippen LogP contribution in [0.5, 0.6) is 0 Å². The number of carbonyl (C=O) groups excluding carboxylic acids is 2. The maximum atomic E-state index is 13.2. The van der Waals surface area contributed by atoms with Gasteiger partial charge in [-0.3, -0.25) is 4.21 Å². The largest absolute Gasteiger partial charge is 0.465 e. The van der Waals surface area contributed by atoms with Gasteiger partial charge in [-0.25, -0.2) is 14.0 Å². The Kier molecular flexibility index (Phi) is 4.23. The number of benzene rings is 1. The molecule has 0 fully saturated rings. The summed E-state index contributed by atoms with van der Waals surface area (Å²) in [5.74, 6) is -1.56. The SMILES string of the molecule is COC(=O)c1c(C(=O)OC)c(-c2ccc(F)cc2)n2c1C[S@](=O)C2. The number of esters is 2. The molecule has 3 rings (SSSR count). The Morgan fingerprint density at radius 2 is 1.67 bits per heavy atom. The fourth-order valence-electron chi connectivity index (χ4n) is 2.83. The molecular formula is C16H14FNO5S. The summed E-state index contributed by atoms with van der Waals surface area (Å²) in [6.07, 6.45) is 0. The zero-order chi connectivity index (χ0) is 17.4. The number of halogens is 1. The topological polar surface area (TPSA) is 74.6 Å². The lowest BCUT2D eigenvalue weighted by atomic mass is 10.0. The molecule has 24 heavy (non-hydrogen) atoms. The molecule has 126 valence electrons. The molecule has 0 radical (unpaired) electrons. The number of aromatic nitrogens is 1. The van der Waals surface area contributed by atoms with Gasteiger partial charge in [-0.15, -0.1) is 0 Å². The number of nitrogens with zero attached hydrogens (tertiary/aromatic N) is 1. The molecule has 0 unspecified atom stereocenters. The maximum Gasteiger partial charge on any atom is 0.340 e. The summed E-state index contributed by atoms with van der Waals surface area (Å²) >= 11 is 0. The summed E-state index contributed by atoms with van der Waals surface area (Å²) in [5, 5.41) is 0. The molecule has 0 N–H and O–H groups in total. The van der Waals surface area contributed by atoms with Crippen LogP contribution in [0.15, 0.2) is 24.3 Å². The highest BCUT2D eigenvalue weighted by Gasteiger charge is 2.36. The lowest BCUT2D eigenvalue weighted by Crippen LogP contribution is -2.12. The Morgan fingerprint density at radius 1 is 1.08 bits per heavy atom. The lowest BCUT2D eigenvalue weighted by Gasteiger charge is -2.09. The second-order valence-electron chi connectivity index (χ2n) is 5.18. The number of fused-ring (bicyclic) bond motifs is 1. The zero-order valence-electron chi connectivity index (χ0n) is 13.0. The molecule has 1 atom stereocenters. The third-order valence-corrected chi connectivity index (χ3v) is 4.98. The monoisotopic (exact) mass is 351 g/mol. The van der Waals surface area contributed by atoms with E-state index in [0.29, 0.717) is 17.0 Å². The standard InChI is InChI=1S/C16H14FNO5S/c1-22-15(19)12-11-7-24(21)8-18(11)14(13(12)16(20)23-2)9-3-5-10(17)6-4-9/h3-6H,7-8H2,1-2H3/t24-/m0/s1. The molecule has 1 aliphatic rings. The smallest absolute Gasteiger partial charge is 0.340 e. The molecular weight excluding hydrogens is 337 g/mol. The van der Waals surface area contributed by atoms with Gasteiger partial charge in [-0.2, -0.15) is 0 Å². The van der Waals surface area contributed by atoms with Crippen molar-refractivity contribution in [2.45, 2.75) is 11.6 Å². The van der Waals surface area contributed by atoms with E-state index in [4.69, 9.17) is 9.47 Å². The van der Waals surface area contributed by atoms with Gasteiger partial charge in [0.15, 0.2) is 0 Å². The molecule has 0 aliphatic carbocycles. The van der Waals surface area contributed by atoms with Crippen molar-refractivity contribution in [2.24, 2.45) is 0 Å². The minimum atomic E-state index is -1.20. The first-order valence-corrected chi connectivity index (χ1v) is 8.49. The highest BCUT2D eigenvalue weighted by Crippen LogP contribution is 2.37. The summed E-state index contributed by atoms with van der Waals surface area (Å²) in [6, 6.07) is 5.49. The average molecular weight is 351 g/mol. The van der Waals surface area contributed by atoms with E-state index in [1.165, 1.54) is 38.5 Å². The summed E-state index contributed by atoms with van der Waals surface area (Å²) in [4.78, 5) is 24.5. The van der Waals surface area contributed by atoms with Gasteiger partial charge in [0.05, 0.1) is 37.1 Å². The molecule has 1 aromatic heterocycles. The fraction of sp³-hybridized carbons (Fsp3) is 0.250. The summed E-state index contributed by atoms with van der Waals surface area (Å²) in [5.41, 5.74) is 1.45. The van der Waals surface area contributed by atoms with Crippen LogP contribution in [0.2, 0.25) is 0 Å². The van der Waals surface area contributed by atoms with Crippen molar-refractivity contribution in [3.05, 3.63) is 46.9 Å². The number of methoxy groups -OCH3 is 2. The van der Waals surface area contributed by atoms with Gasteiger partial charge in [-0.1, -0.05) is 0 Å². The van der Waals surface area contributed by atoms with E-state index in [-0.39, 0.29) is 22.8 Å². The van der Waals surface area contributed by atoms with Crippen LogP contribution >= 0.6 is 0 Å². The van der Waals surface area contributed by atoms with Crippen LogP contribution in [0.1, 0.15) is 26.4 Å². The number of hydrogen-bond donors (Lipinski definition) is 0. The number of rotatable bonds is 3. The van der Waals surface area contributed by atoms with Gasteiger partial charge < -0.3 is 14.0 Å². The van der Waals surface area contributed by atoms with E-state index < -0.39 is 28.6 Å². The first kappa shape index (κ1) is 16.4. The molecule has 2 heterocycles. The fourth-order valence-corrected chi connectivity index (χ4v) is 4.10. The normalized spacial score (nSPS) is 15.9. The first-order valence-electron chi connectivity index (χ1n) is 7.00. The Bertz CT molecular complexity index is 856. The predicted octanol–water partition coefficient (Wildman–Crippen LogP) is 2.09. The number of hydrogen-bond acceptors (Lipinski definition) is 5. The van der Waals surface area contributed by atoms with Crippen LogP contribution in [0.25, 0.3) is 11.3 Å². The average Bonchev–Trinajstić information content (AvgIpc) is 3.08. The van der Waals surface area contributed by atoms with Crippen molar-refractivity contribution in [1.29, 1.82) is 0 Å². The van der Waals surface area contributed by atoms with E-state index in [1.807, 2.05) is 0 Å². The molecule has 0 spiro atoms. The van der Waals surface area contributed by atoms with Crippen LogP contribution in [0.3, 0.4) is 0 Å². The van der Waals surface area contributed by atoms with E-state index >= 15 is 0 Å². The van der Waals surface area contributed by atoms with E-state index in [0.717, 1.165) is 0 Å². The minimum Gasteiger partial charge on any atom is -0.465 e. The van der Waals surface area contributed by atoms with Crippen molar-refractivity contribution in [3.63, 3.8) is 0 Å². The van der Waals surface area contributed by atoms with Crippen LogP contribution in [0, 0.1) is 5.82 Å². The summed E-state index contributed by atoms with van der Waals surface area (Å²) in [6.45, 7) is 0. The molecule has 1 aliphatic heterocycles. The van der Waals surface area contributed by atoms with E-state index in [2.05, 4.69) is 0 Å². The van der Waals surface area contributed by atoms with Crippen molar-refractivity contribution < 1.29 is 27.7 Å². The van der Waals surface area contributed by atoms with Gasteiger partial charge >= 0.3 is 11.9 Å². The first-order chi connectivity index (χ1) is 11.5. The molecule has 8 heteroatoms. The predicted molar refractivity (Wildman–Crippen MR) is 84.4 cm³/mol. The second kappa shape index (κ2) is 6.20. The van der Waals surface area contributed by atoms with Crippen LogP contribution in [-0.4, -0.2) is 34.9 Å². The van der Waals surface area contributed by atoms with Crippen LogP contribution in [-0.2, 0) is 31.9 Å². The molecule has 0 saturated carbocycles. The zero-order valence-corrected chi connectivity index (χ0v) is 13.8. The van der Waals surface area contributed by atoms with Crippen molar-refractivity contribution >= 4 is 22.7 Å². The van der Waals surface area contributed by atoms with Gasteiger partial charge in [0.1, 0.15) is 11.4 Å². The Balaban J connectivity index is 2.34. The molecule has 2 aromatic rings. The Labute approximate surface area is 139 Å². The molecule has 6 nitrogen and oxygen atoms in total. The molecule has 0 amide bonds. The van der Waals surface area contributed by atoms with Crippen molar-refractivity contribution in [2.75, 3.05) is 14.2 Å². The molecule has 0 saturated heterocycles.